The normalized spacial score (nSPS) is 11.0. The van der Waals surface area contributed by atoms with Crippen molar-refractivity contribution in [3.8, 4) is 0 Å². The monoisotopic (exact) mass is 339 g/mol. The van der Waals surface area contributed by atoms with Crippen LogP contribution in [-0.2, 0) is 17.6 Å². The quantitative estimate of drug-likeness (QED) is 0.624. The molecule has 2 aromatic carbocycles. The minimum atomic E-state index is -0.446. The fourth-order valence-electron chi connectivity index (χ4n) is 3.09. The smallest absolute Gasteiger partial charge is 0.224 e. The molecule has 0 aliphatic rings. The van der Waals surface area contributed by atoms with Crippen molar-refractivity contribution in [1.82, 2.24) is 10.3 Å². The van der Waals surface area contributed by atoms with Gasteiger partial charge in [-0.1, -0.05) is 17.7 Å². The molecule has 25 heavy (non-hydrogen) atoms. The molecular weight excluding hydrogens is 317 g/mol. The number of rotatable bonds is 5. The molecule has 1 aromatic heterocycles. The summed E-state index contributed by atoms with van der Waals surface area (Å²) < 4.78 is 13.8. The standard InChI is InChI=1S/C20H22FN3O/c1-12-3-6-19-17(9-12)16(13(2)24-19)7-8-23-20(25)10-14-4-5-15(22)11-18(14)21/h3-6,9,11,24H,7-8,10,22H2,1-2H3,(H,23,25). The Kier molecular flexibility index (Phi) is 4.74. The number of carbonyl (C=O) groups excluding carboxylic acids is 1. The molecule has 130 valence electrons. The number of carbonyl (C=O) groups is 1. The summed E-state index contributed by atoms with van der Waals surface area (Å²) in [6, 6.07) is 10.7. The third-order valence-corrected chi connectivity index (χ3v) is 4.40. The Labute approximate surface area is 146 Å². The van der Waals surface area contributed by atoms with Gasteiger partial charge in [-0.3, -0.25) is 4.79 Å². The number of hydrogen-bond acceptors (Lipinski definition) is 2. The summed E-state index contributed by atoms with van der Waals surface area (Å²) in [5.41, 5.74) is 10.9. The molecular formula is C20H22FN3O. The van der Waals surface area contributed by atoms with E-state index >= 15 is 0 Å². The SMILES string of the molecule is Cc1ccc2[nH]c(C)c(CCNC(=O)Cc3ccc(N)cc3F)c2c1. The number of hydrogen-bond donors (Lipinski definition) is 3. The molecule has 0 aliphatic carbocycles. The van der Waals surface area contributed by atoms with Gasteiger partial charge in [-0.2, -0.15) is 0 Å². The van der Waals surface area contributed by atoms with Crippen LogP contribution in [0.1, 0.15) is 22.4 Å². The van der Waals surface area contributed by atoms with Crippen molar-refractivity contribution in [2.24, 2.45) is 0 Å². The van der Waals surface area contributed by atoms with Crippen LogP contribution >= 0.6 is 0 Å². The Morgan fingerprint density at radius 2 is 2.00 bits per heavy atom. The van der Waals surface area contributed by atoms with E-state index in [1.165, 1.54) is 22.6 Å². The lowest BCUT2D eigenvalue weighted by Gasteiger charge is -2.07. The predicted octanol–water partition coefficient (Wildman–Crippen LogP) is 3.41. The summed E-state index contributed by atoms with van der Waals surface area (Å²) >= 11 is 0. The van der Waals surface area contributed by atoms with Crippen LogP contribution < -0.4 is 11.1 Å². The highest BCUT2D eigenvalue weighted by atomic mass is 19.1. The summed E-state index contributed by atoms with van der Waals surface area (Å²) in [5, 5.41) is 4.06. The molecule has 1 amide bonds. The molecule has 0 saturated carbocycles. The number of nitrogens with one attached hydrogen (secondary N) is 2. The minimum absolute atomic E-state index is 0.0120. The molecule has 0 atom stereocenters. The highest BCUT2D eigenvalue weighted by Crippen LogP contribution is 2.23. The molecule has 4 nitrogen and oxygen atoms in total. The van der Waals surface area contributed by atoms with Gasteiger partial charge in [-0.25, -0.2) is 4.39 Å². The van der Waals surface area contributed by atoms with E-state index in [0.29, 0.717) is 17.8 Å². The second-order valence-electron chi connectivity index (χ2n) is 6.41. The highest BCUT2D eigenvalue weighted by molar-refractivity contribution is 5.85. The zero-order valence-electron chi connectivity index (χ0n) is 14.4. The van der Waals surface area contributed by atoms with Gasteiger partial charge in [0, 0.05) is 28.8 Å². The number of nitrogen functional groups attached to an aromatic ring is 1. The van der Waals surface area contributed by atoms with E-state index in [9.17, 15) is 9.18 Å². The van der Waals surface area contributed by atoms with Gasteiger partial charge in [0.25, 0.3) is 0 Å². The van der Waals surface area contributed by atoms with Gasteiger partial charge in [0.05, 0.1) is 6.42 Å². The summed E-state index contributed by atoms with van der Waals surface area (Å²) in [7, 11) is 0. The average Bonchev–Trinajstić information content (AvgIpc) is 2.86. The number of H-pyrrole nitrogens is 1. The maximum absolute atomic E-state index is 13.8. The third-order valence-electron chi connectivity index (χ3n) is 4.40. The summed E-state index contributed by atoms with van der Waals surface area (Å²) in [4.78, 5) is 15.4. The van der Waals surface area contributed by atoms with Crippen LogP contribution in [0, 0.1) is 19.7 Å². The number of halogens is 1. The second kappa shape index (κ2) is 6.97. The lowest BCUT2D eigenvalue weighted by molar-refractivity contribution is -0.120. The van der Waals surface area contributed by atoms with Gasteiger partial charge in [0.1, 0.15) is 5.82 Å². The molecule has 3 rings (SSSR count). The Bertz CT molecular complexity index is 930. The molecule has 3 aromatic rings. The van der Waals surface area contributed by atoms with Gasteiger partial charge in [-0.15, -0.1) is 0 Å². The van der Waals surface area contributed by atoms with Crippen molar-refractivity contribution < 1.29 is 9.18 Å². The maximum Gasteiger partial charge on any atom is 0.224 e. The Morgan fingerprint density at radius 3 is 2.76 bits per heavy atom. The van der Waals surface area contributed by atoms with E-state index in [1.54, 1.807) is 12.1 Å². The van der Waals surface area contributed by atoms with Crippen LogP contribution in [0.3, 0.4) is 0 Å². The van der Waals surface area contributed by atoms with E-state index in [1.807, 2.05) is 6.92 Å². The first-order chi connectivity index (χ1) is 11.9. The molecule has 0 spiro atoms. The van der Waals surface area contributed by atoms with Crippen molar-refractivity contribution in [3.63, 3.8) is 0 Å². The van der Waals surface area contributed by atoms with E-state index in [-0.39, 0.29) is 12.3 Å². The average molecular weight is 339 g/mol. The summed E-state index contributed by atoms with van der Waals surface area (Å²) in [6.45, 7) is 4.61. The second-order valence-corrected chi connectivity index (χ2v) is 6.41. The van der Waals surface area contributed by atoms with Crippen LogP contribution in [0.2, 0.25) is 0 Å². The van der Waals surface area contributed by atoms with Crippen LogP contribution in [0.5, 0.6) is 0 Å². The van der Waals surface area contributed by atoms with E-state index in [0.717, 1.165) is 17.6 Å². The molecule has 0 saturated heterocycles. The molecule has 0 unspecified atom stereocenters. The number of fused-ring (bicyclic) bond motifs is 1. The number of benzene rings is 2. The van der Waals surface area contributed by atoms with Gasteiger partial charge >= 0.3 is 0 Å². The molecule has 0 aliphatic heterocycles. The van der Waals surface area contributed by atoms with Gasteiger partial charge in [0.2, 0.25) is 5.91 Å². The van der Waals surface area contributed by atoms with Gasteiger partial charge in [-0.05, 0) is 55.7 Å². The predicted molar refractivity (Wildman–Crippen MR) is 99.0 cm³/mol. The highest BCUT2D eigenvalue weighted by Gasteiger charge is 2.11. The molecule has 0 fully saturated rings. The zero-order valence-corrected chi connectivity index (χ0v) is 14.4. The molecule has 0 radical (unpaired) electrons. The number of aromatic nitrogens is 1. The fraction of sp³-hybridized carbons (Fsp3) is 0.250. The lowest BCUT2D eigenvalue weighted by atomic mass is 10.1. The Hall–Kier alpha value is -2.82. The topological polar surface area (TPSA) is 70.9 Å². The molecule has 5 heteroatoms. The van der Waals surface area contributed by atoms with Gasteiger partial charge < -0.3 is 16.0 Å². The van der Waals surface area contributed by atoms with Crippen molar-refractivity contribution in [2.45, 2.75) is 26.7 Å². The molecule has 4 N–H and O–H groups in total. The zero-order chi connectivity index (χ0) is 18.0. The fourth-order valence-corrected chi connectivity index (χ4v) is 3.09. The first-order valence-corrected chi connectivity index (χ1v) is 8.32. The van der Waals surface area contributed by atoms with Crippen LogP contribution in [0.25, 0.3) is 10.9 Å². The number of nitrogens with two attached hydrogens (primary N) is 1. The lowest BCUT2D eigenvalue weighted by Crippen LogP contribution is -2.27. The van der Waals surface area contributed by atoms with Crippen LogP contribution in [0.4, 0.5) is 10.1 Å². The first-order valence-electron chi connectivity index (χ1n) is 8.32. The van der Waals surface area contributed by atoms with Crippen molar-refractivity contribution >= 4 is 22.5 Å². The minimum Gasteiger partial charge on any atom is -0.399 e. The largest absolute Gasteiger partial charge is 0.399 e. The molecule has 1 heterocycles. The van der Waals surface area contributed by atoms with Crippen molar-refractivity contribution in [1.29, 1.82) is 0 Å². The molecule has 0 bridgehead atoms. The first kappa shape index (κ1) is 17.0. The summed E-state index contributed by atoms with van der Waals surface area (Å²) in [5.74, 6) is -0.643. The van der Waals surface area contributed by atoms with E-state index in [4.69, 9.17) is 5.73 Å². The number of anilines is 1. The summed E-state index contributed by atoms with van der Waals surface area (Å²) in [6.07, 6.45) is 0.739. The van der Waals surface area contributed by atoms with Crippen molar-refractivity contribution in [3.05, 3.63) is 64.6 Å². The number of aromatic amines is 1. The Balaban J connectivity index is 1.62. The third kappa shape index (κ3) is 3.82. The van der Waals surface area contributed by atoms with Gasteiger partial charge in [0.15, 0.2) is 0 Å². The number of aryl methyl sites for hydroxylation is 2. The van der Waals surface area contributed by atoms with Crippen LogP contribution in [-0.4, -0.2) is 17.4 Å². The maximum atomic E-state index is 13.8. The number of amides is 1. The Morgan fingerprint density at radius 1 is 1.20 bits per heavy atom. The van der Waals surface area contributed by atoms with Crippen molar-refractivity contribution in [2.75, 3.05) is 12.3 Å². The van der Waals surface area contributed by atoms with E-state index < -0.39 is 5.82 Å². The van der Waals surface area contributed by atoms with E-state index in [2.05, 4.69) is 35.4 Å². The van der Waals surface area contributed by atoms with Crippen LogP contribution in [0.15, 0.2) is 36.4 Å².